The number of rotatable bonds is 5. The van der Waals surface area contributed by atoms with Crippen LogP contribution in [0.4, 0.5) is 5.13 Å². The van der Waals surface area contributed by atoms with Crippen LogP contribution in [-0.4, -0.2) is 25.5 Å². The first-order valence-corrected chi connectivity index (χ1v) is 9.47. The predicted octanol–water partition coefficient (Wildman–Crippen LogP) is 3.56. The van der Waals surface area contributed by atoms with Crippen molar-refractivity contribution in [3.05, 3.63) is 39.8 Å². The molecule has 6 nitrogen and oxygen atoms in total. The van der Waals surface area contributed by atoms with Crippen molar-refractivity contribution in [2.24, 2.45) is 0 Å². The first-order valence-electron chi connectivity index (χ1n) is 8.59. The molecule has 0 bridgehead atoms. The number of amides is 1. The van der Waals surface area contributed by atoms with Gasteiger partial charge in [0.1, 0.15) is 0 Å². The summed E-state index contributed by atoms with van der Waals surface area (Å²) >= 11 is 1.51. The Morgan fingerprint density at radius 1 is 1.32 bits per heavy atom. The first kappa shape index (κ1) is 16.2. The minimum absolute atomic E-state index is 0.00719. The van der Waals surface area contributed by atoms with Crippen molar-refractivity contribution in [2.75, 3.05) is 5.32 Å². The number of aromatic nitrogens is 4. The zero-order valence-electron chi connectivity index (χ0n) is 14.7. The van der Waals surface area contributed by atoms with Crippen molar-refractivity contribution in [1.29, 1.82) is 0 Å². The highest BCUT2D eigenvalue weighted by Gasteiger charge is 2.26. The normalized spacial score (nSPS) is 14.2. The summed E-state index contributed by atoms with van der Waals surface area (Å²) in [4.78, 5) is 21.4. The molecule has 7 heteroatoms. The molecule has 4 rings (SSSR count). The number of anilines is 1. The highest BCUT2D eigenvalue weighted by atomic mass is 32.1. The predicted molar refractivity (Wildman–Crippen MR) is 98.2 cm³/mol. The first-order chi connectivity index (χ1) is 12.0. The van der Waals surface area contributed by atoms with E-state index in [0.29, 0.717) is 23.9 Å². The largest absolute Gasteiger partial charge is 0.302 e. The molecule has 3 aromatic heterocycles. The number of hydrogen-bond acceptors (Lipinski definition) is 5. The van der Waals surface area contributed by atoms with Gasteiger partial charge in [-0.3, -0.25) is 4.79 Å². The van der Waals surface area contributed by atoms with Crippen molar-refractivity contribution in [3.8, 4) is 0 Å². The molecule has 1 aliphatic rings. The van der Waals surface area contributed by atoms with Crippen LogP contribution in [0.2, 0.25) is 0 Å². The molecular weight excluding hydrogens is 334 g/mol. The van der Waals surface area contributed by atoms with Crippen LogP contribution in [0.3, 0.4) is 0 Å². The van der Waals surface area contributed by atoms with E-state index in [4.69, 9.17) is 0 Å². The Hall–Kier alpha value is -2.28. The number of thiazole rings is 1. The van der Waals surface area contributed by atoms with Gasteiger partial charge in [-0.05, 0) is 45.6 Å². The Balaban J connectivity index is 1.44. The lowest BCUT2D eigenvalue weighted by Crippen LogP contribution is -2.14. The number of hydrogen-bond donors (Lipinski definition) is 1. The number of nitrogens with one attached hydrogen (secondary N) is 1. The van der Waals surface area contributed by atoms with Crippen LogP contribution in [0.15, 0.2) is 11.4 Å². The van der Waals surface area contributed by atoms with Gasteiger partial charge in [0.25, 0.3) is 0 Å². The van der Waals surface area contributed by atoms with Gasteiger partial charge in [-0.25, -0.2) is 14.5 Å². The molecule has 1 amide bonds. The fraction of sp³-hybridized carbons (Fsp3) is 0.444. The number of fused-ring (bicyclic) bond motifs is 1. The lowest BCUT2D eigenvalue weighted by Gasteiger charge is -2.10. The molecule has 3 aromatic rings. The van der Waals surface area contributed by atoms with Gasteiger partial charge in [-0.1, -0.05) is 0 Å². The minimum Gasteiger partial charge on any atom is -0.302 e. The molecule has 1 saturated carbocycles. The highest BCUT2D eigenvalue weighted by Crippen LogP contribution is 2.40. The summed E-state index contributed by atoms with van der Waals surface area (Å²) in [5.74, 6) is 0.606. The van der Waals surface area contributed by atoms with Crippen molar-refractivity contribution >= 4 is 28.0 Å². The van der Waals surface area contributed by atoms with Gasteiger partial charge in [-0.2, -0.15) is 5.10 Å². The van der Waals surface area contributed by atoms with Crippen molar-refractivity contribution < 1.29 is 4.79 Å². The van der Waals surface area contributed by atoms with Gasteiger partial charge < -0.3 is 5.32 Å². The summed E-state index contributed by atoms with van der Waals surface area (Å²) in [5, 5.41) is 10.2. The summed E-state index contributed by atoms with van der Waals surface area (Å²) in [6.07, 6.45) is 3.50. The molecule has 0 atom stereocenters. The summed E-state index contributed by atoms with van der Waals surface area (Å²) < 4.78 is 1.86. The van der Waals surface area contributed by atoms with E-state index in [1.807, 2.05) is 31.4 Å². The van der Waals surface area contributed by atoms with Gasteiger partial charge in [-0.15, -0.1) is 11.3 Å². The summed E-state index contributed by atoms with van der Waals surface area (Å²) in [5.41, 5.74) is 6.02. The molecule has 0 radical (unpaired) electrons. The van der Waals surface area contributed by atoms with Gasteiger partial charge in [0, 0.05) is 35.2 Å². The second-order valence-corrected chi connectivity index (χ2v) is 7.57. The fourth-order valence-electron chi connectivity index (χ4n) is 3.13. The second kappa shape index (κ2) is 6.22. The Morgan fingerprint density at radius 2 is 2.12 bits per heavy atom. The van der Waals surface area contributed by atoms with Crippen LogP contribution in [-0.2, 0) is 11.2 Å². The van der Waals surface area contributed by atoms with Gasteiger partial charge in [0.05, 0.1) is 11.4 Å². The molecule has 0 spiro atoms. The zero-order valence-corrected chi connectivity index (χ0v) is 15.5. The molecule has 0 saturated heterocycles. The SMILES string of the molecule is Cc1cc2nc(C)c(CCC(=O)Nc3nc(C4CC4)cs3)c(C)n2n1. The van der Waals surface area contributed by atoms with Crippen LogP contribution in [0.5, 0.6) is 0 Å². The van der Waals surface area contributed by atoms with Gasteiger partial charge in [0.2, 0.25) is 5.91 Å². The zero-order chi connectivity index (χ0) is 17.6. The summed E-state index contributed by atoms with van der Waals surface area (Å²) in [7, 11) is 0. The number of carbonyl (C=O) groups is 1. The lowest BCUT2D eigenvalue weighted by molar-refractivity contribution is -0.116. The van der Waals surface area contributed by atoms with E-state index < -0.39 is 0 Å². The molecule has 3 heterocycles. The topological polar surface area (TPSA) is 72.2 Å². The maximum absolute atomic E-state index is 12.3. The summed E-state index contributed by atoms with van der Waals surface area (Å²) in [6, 6.07) is 1.97. The van der Waals surface area contributed by atoms with E-state index in [1.165, 1.54) is 24.2 Å². The van der Waals surface area contributed by atoms with E-state index in [-0.39, 0.29) is 5.91 Å². The quantitative estimate of drug-likeness (QED) is 0.759. The number of aryl methyl sites for hydroxylation is 3. The molecule has 0 aliphatic heterocycles. The third-order valence-corrected chi connectivity index (χ3v) is 5.43. The monoisotopic (exact) mass is 355 g/mol. The maximum Gasteiger partial charge on any atom is 0.226 e. The van der Waals surface area contributed by atoms with E-state index in [2.05, 4.69) is 25.8 Å². The van der Waals surface area contributed by atoms with Crippen molar-refractivity contribution in [3.63, 3.8) is 0 Å². The molecule has 1 aliphatic carbocycles. The molecule has 0 aromatic carbocycles. The number of nitrogens with zero attached hydrogens (tertiary/aromatic N) is 4. The average Bonchev–Trinajstić information content (AvgIpc) is 3.19. The third kappa shape index (κ3) is 3.28. The molecule has 0 unspecified atom stereocenters. The van der Waals surface area contributed by atoms with Gasteiger partial charge in [0.15, 0.2) is 10.8 Å². The Labute approximate surface area is 150 Å². The van der Waals surface area contributed by atoms with Crippen LogP contribution in [0.25, 0.3) is 5.65 Å². The van der Waals surface area contributed by atoms with E-state index in [9.17, 15) is 4.79 Å². The fourth-order valence-corrected chi connectivity index (χ4v) is 3.94. The smallest absolute Gasteiger partial charge is 0.226 e. The Bertz CT molecular complexity index is 954. The molecular formula is C18H21N5OS. The average molecular weight is 355 g/mol. The Morgan fingerprint density at radius 3 is 2.88 bits per heavy atom. The standard InChI is InChI=1S/C18H21N5OS/c1-10-8-16-19-11(2)14(12(3)23(16)22-10)6-7-17(24)21-18-20-15(9-25-18)13-4-5-13/h8-9,13H,4-7H2,1-3H3,(H,20,21,24). The Kier molecular flexibility index (Phi) is 4.03. The van der Waals surface area contributed by atoms with E-state index >= 15 is 0 Å². The van der Waals surface area contributed by atoms with E-state index in [0.717, 1.165) is 34.0 Å². The van der Waals surface area contributed by atoms with Crippen molar-refractivity contribution in [2.45, 2.75) is 52.4 Å². The maximum atomic E-state index is 12.3. The van der Waals surface area contributed by atoms with Crippen LogP contribution >= 0.6 is 11.3 Å². The lowest BCUT2D eigenvalue weighted by atomic mass is 10.1. The molecule has 130 valence electrons. The number of carbonyl (C=O) groups excluding carboxylic acids is 1. The minimum atomic E-state index is -0.00719. The third-order valence-electron chi connectivity index (χ3n) is 4.65. The van der Waals surface area contributed by atoms with Crippen molar-refractivity contribution in [1.82, 2.24) is 19.6 Å². The summed E-state index contributed by atoms with van der Waals surface area (Å²) in [6.45, 7) is 5.98. The molecule has 1 fully saturated rings. The highest BCUT2D eigenvalue weighted by molar-refractivity contribution is 7.13. The molecule has 25 heavy (non-hydrogen) atoms. The molecule has 1 N–H and O–H groups in total. The van der Waals surface area contributed by atoms with Crippen LogP contribution in [0, 0.1) is 20.8 Å². The van der Waals surface area contributed by atoms with E-state index in [1.54, 1.807) is 0 Å². The van der Waals surface area contributed by atoms with Crippen LogP contribution in [0.1, 0.15) is 53.5 Å². The van der Waals surface area contributed by atoms with Gasteiger partial charge >= 0.3 is 0 Å². The van der Waals surface area contributed by atoms with Crippen LogP contribution < -0.4 is 5.32 Å². The second-order valence-electron chi connectivity index (χ2n) is 6.72.